The third-order valence-electron chi connectivity index (χ3n) is 3.76. The Labute approximate surface area is 114 Å². The Kier molecular flexibility index (Phi) is 3.57. The first-order chi connectivity index (χ1) is 8.39. The monoisotopic (exact) mass is 263 g/mol. The molecule has 1 aromatic heterocycles. The normalized spacial score (nSPS) is 20.2. The van der Waals surface area contributed by atoms with Crippen molar-refractivity contribution >= 4 is 23.0 Å². The van der Waals surface area contributed by atoms with E-state index in [1.807, 2.05) is 18.3 Å². The summed E-state index contributed by atoms with van der Waals surface area (Å²) in [6.45, 7) is 8.97. The molecule has 0 aromatic carbocycles. The molecule has 0 bridgehead atoms. The number of rotatable bonds is 2. The highest BCUT2D eigenvalue weighted by molar-refractivity contribution is 7.80. The molecule has 1 aliphatic rings. The van der Waals surface area contributed by atoms with Crippen LogP contribution in [0.2, 0.25) is 0 Å². The summed E-state index contributed by atoms with van der Waals surface area (Å²) in [4.78, 5) is 7.19. The van der Waals surface area contributed by atoms with Gasteiger partial charge in [0.15, 0.2) is 0 Å². The van der Waals surface area contributed by atoms with Gasteiger partial charge in [-0.25, -0.2) is 4.98 Å². The number of thiocarbonyl (C=S) groups is 1. The Bertz CT molecular complexity index is 451. The Morgan fingerprint density at radius 1 is 1.50 bits per heavy atom. The van der Waals surface area contributed by atoms with Crippen molar-refractivity contribution in [2.45, 2.75) is 27.2 Å². The first kappa shape index (κ1) is 13.3. The van der Waals surface area contributed by atoms with Gasteiger partial charge in [0.25, 0.3) is 0 Å². The zero-order valence-corrected chi connectivity index (χ0v) is 12.1. The highest BCUT2D eigenvalue weighted by atomic mass is 32.1. The SMILES string of the molecule is CC(C)(C)C1CCN(c2ncccc2C(N)=S)C1. The molecule has 98 valence electrons. The molecule has 2 heterocycles. The molecule has 3 nitrogen and oxygen atoms in total. The largest absolute Gasteiger partial charge is 0.389 e. The minimum absolute atomic E-state index is 0.340. The van der Waals surface area contributed by atoms with E-state index in [-0.39, 0.29) is 0 Å². The van der Waals surface area contributed by atoms with Gasteiger partial charge in [0.05, 0.1) is 5.56 Å². The fourth-order valence-corrected chi connectivity index (χ4v) is 2.66. The van der Waals surface area contributed by atoms with Crippen molar-refractivity contribution in [3.05, 3.63) is 23.9 Å². The molecule has 0 radical (unpaired) electrons. The fraction of sp³-hybridized carbons (Fsp3) is 0.571. The number of pyridine rings is 1. The molecular formula is C14H21N3S. The third-order valence-corrected chi connectivity index (χ3v) is 3.98. The van der Waals surface area contributed by atoms with Crippen molar-refractivity contribution in [2.75, 3.05) is 18.0 Å². The Balaban J connectivity index is 2.22. The van der Waals surface area contributed by atoms with E-state index in [0.717, 1.165) is 24.5 Å². The van der Waals surface area contributed by atoms with E-state index in [4.69, 9.17) is 18.0 Å². The first-order valence-corrected chi connectivity index (χ1v) is 6.80. The van der Waals surface area contributed by atoms with E-state index in [0.29, 0.717) is 16.3 Å². The minimum atomic E-state index is 0.340. The summed E-state index contributed by atoms with van der Waals surface area (Å²) >= 11 is 5.10. The fourth-order valence-electron chi connectivity index (χ4n) is 2.50. The smallest absolute Gasteiger partial charge is 0.138 e. The maximum Gasteiger partial charge on any atom is 0.138 e. The Hall–Kier alpha value is -1.16. The van der Waals surface area contributed by atoms with Gasteiger partial charge in [-0.15, -0.1) is 0 Å². The molecule has 2 rings (SSSR count). The molecule has 2 N–H and O–H groups in total. The van der Waals surface area contributed by atoms with Crippen molar-refractivity contribution in [1.29, 1.82) is 0 Å². The van der Waals surface area contributed by atoms with Gasteiger partial charge in [-0.1, -0.05) is 33.0 Å². The van der Waals surface area contributed by atoms with Gasteiger partial charge in [-0.05, 0) is 29.9 Å². The van der Waals surface area contributed by atoms with Crippen LogP contribution in [0.1, 0.15) is 32.8 Å². The molecule has 0 aliphatic carbocycles. The van der Waals surface area contributed by atoms with Crippen LogP contribution in [0.15, 0.2) is 18.3 Å². The lowest BCUT2D eigenvalue weighted by Gasteiger charge is -2.27. The predicted molar refractivity (Wildman–Crippen MR) is 79.9 cm³/mol. The molecule has 1 unspecified atom stereocenters. The summed E-state index contributed by atoms with van der Waals surface area (Å²) in [5.41, 5.74) is 7.00. The molecule has 18 heavy (non-hydrogen) atoms. The number of aromatic nitrogens is 1. The maximum absolute atomic E-state index is 5.77. The summed E-state index contributed by atoms with van der Waals surface area (Å²) in [5.74, 6) is 1.63. The Morgan fingerprint density at radius 3 is 2.78 bits per heavy atom. The third kappa shape index (κ3) is 2.64. The topological polar surface area (TPSA) is 42.2 Å². The molecule has 1 aliphatic heterocycles. The van der Waals surface area contributed by atoms with Crippen LogP contribution in [0, 0.1) is 11.3 Å². The molecule has 1 atom stereocenters. The second kappa shape index (κ2) is 4.84. The molecule has 1 aromatic rings. The lowest BCUT2D eigenvalue weighted by Crippen LogP contribution is -2.28. The molecule has 0 saturated carbocycles. The van der Waals surface area contributed by atoms with Crippen LogP contribution in [-0.4, -0.2) is 23.1 Å². The van der Waals surface area contributed by atoms with Crippen LogP contribution < -0.4 is 10.6 Å². The molecule has 1 fully saturated rings. The van der Waals surface area contributed by atoms with E-state index in [1.54, 1.807) is 0 Å². The van der Waals surface area contributed by atoms with Crippen LogP contribution in [0.5, 0.6) is 0 Å². The van der Waals surface area contributed by atoms with Crippen molar-refractivity contribution in [3.8, 4) is 0 Å². The van der Waals surface area contributed by atoms with E-state index in [9.17, 15) is 0 Å². The number of nitrogens with two attached hydrogens (primary N) is 1. The number of hydrogen-bond acceptors (Lipinski definition) is 3. The van der Waals surface area contributed by atoms with Crippen molar-refractivity contribution in [3.63, 3.8) is 0 Å². The number of hydrogen-bond donors (Lipinski definition) is 1. The number of anilines is 1. The second-order valence-corrected chi connectivity index (χ2v) is 6.48. The number of nitrogens with zero attached hydrogens (tertiary/aromatic N) is 2. The van der Waals surface area contributed by atoms with Crippen molar-refractivity contribution in [2.24, 2.45) is 17.1 Å². The zero-order chi connectivity index (χ0) is 13.3. The lowest BCUT2D eigenvalue weighted by atomic mass is 9.80. The zero-order valence-electron chi connectivity index (χ0n) is 11.3. The van der Waals surface area contributed by atoms with E-state index in [1.165, 1.54) is 6.42 Å². The van der Waals surface area contributed by atoms with E-state index < -0.39 is 0 Å². The Morgan fingerprint density at radius 2 is 2.22 bits per heavy atom. The van der Waals surface area contributed by atoms with Gasteiger partial charge in [0.1, 0.15) is 10.8 Å². The summed E-state index contributed by atoms with van der Waals surface area (Å²) in [5, 5.41) is 0. The van der Waals surface area contributed by atoms with Crippen molar-refractivity contribution < 1.29 is 0 Å². The van der Waals surface area contributed by atoms with Gasteiger partial charge in [-0.2, -0.15) is 0 Å². The standard InChI is InChI=1S/C14H21N3S/c1-14(2,3)10-6-8-17(9-10)13-11(12(15)18)5-4-7-16-13/h4-5,7,10H,6,8-9H2,1-3H3,(H2,15,18). The van der Waals surface area contributed by atoms with Gasteiger partial charge in [0, 0.05) is 19.3 Å². The van der Waals surface area contributed by atoms with E-state index >= 15 is 0 Å². The van der Waals surface area contributed by atoms with Gasteiger partial charge in [-0.3, -0.25) is 0 Å². The maximum atomic E-state index is 5.77. The molecule has 0 spiro atoms. The average Bonchev–Trinajstić information content (AvgIpc) is 2.77. The van der Waals surface area contributed by atoms with Crippen LogP contribution in [0.3, 0.4) is 0 Å². The summed E-state index contributed by atoms with van der Waals surface area (Å²) in [6.07, 6.45) is 3.01. The minimum Gasteiger partial charge on any atom is -0.389 e. The van der Waals surface area contributed by atoms with Crippen LogP contribution in [0.4, 0.5) is 5.82 Å². The molecule has 0 amide bonds. The van der Waals surface area contributed by atoms with E-state index in [2.05, 4.69) is 30.7 Å². The highest BCUT2D eigenvalue weighted by Crippen LogP contribution is 2.35. The van der Waals surface area contributed by atoms with Crippen molar-refractivity contribution in [1.82, 2.24) is 4.98 Å². The second-order valence-electron chi connectivity index (χ2n) is 6.04. The van der Waals surface area contributed by atoms with Gasteiger partial charge in [0.2, 0.25) is 0 Å². The van der Waals surface area contributed by atoms with Crippen LogP contribution in [-0.2, 0) is 0 Å². The summed E-state index contributed by atoms with van der Waals surface area (Å²) in [7, 11) is 0. The molecular weight excluding hydrogens is 242 g/mol. The quantitative estimate of drug-likeness (QED) is 0.833. The van der Waals surface area contributed by atoms with Crippen LogP contribution in [0.25, 0.3) is 0 Å². The summed E-state index contributed by atoms with van der Waals surface area (Å²) in [6, 6.07) is 3.84. The predicted octanol–water partition coefficient (Wildman–Crippen LogP) is 2.59. The van der Waals surface area contributed by atoms with Gasteiger partial charge < -0.3 is 10.6 Å². The summed E-state index contributed by atoms with van der Waals surface area (Å²) < 4.78 is 0. The average molecular weight is 263 g/mol. The highest BCUT2D eigenvalue weighted by Gasteiger charge is 2.33. The molecule has 1 saturated heterocycles. The van der Waals surface area contributed by atoms with Gasteiger partial charge >= 0.3 is 0 Å². The lowest BCUT2D eigenvalue weighted by molar-refractivity contribution is 0.263. The van der Waals surface area contributed by atoms with Crippen LogP contribution >= 0.6 is 12.2 Å². The first-order valence-electron chi connectivity index (χ1n) is 6.39. The molecule has 4 heteroatoms.